The van der Waals surface area contributed by atoms with Gasteiger partial charge in [-0.3, -0.25) is 9.59 Å². The number of hydrogen-bond acceptors (Lipinski definition) is 3. The van der Waals surface area contributed by atoms with E-state index in [0.717, 1.165) is 12.8 Å². The van der Waals surface area contributed by atoms with E-state index < -0.39 is 11.9 Å². The number of unbranched alkanes of at least 4 members (excludes halogenated alkanes) is 1. The van der Waals surface area contributed by atoms with Gasteiger partial charge in [0.2, 0.25) is 11.8 Å². The summed E-state index contributed by atoms with van der Waals surface area (Å²) in [6, 6.07) is 12.6. The lowest BCUT2D eigenvalue weighted by Crippen LogP contribution is -2.47. The molecule has 2 rings (SSSR count). The Balaban J connectivity index is 1.98. The molecule has 0 unspecified atom stereocenters. The smallest absolute Gasteiger partial charge is 0.242 e. The number of nitrogens with one attached hydrogen (secondary N) is 1. The van der Waals surface area contributed by atoms with Gasteiger partial charge in [-0.2, -0.15) is 0 Å². The molecule has 31 heavy (non-hydrogen) atoms. The summed E-state index contributed by atoms with van der Waals surface area (Å²) in [6.07, 6.45) is 2.48. The van der Waals surface area contributed by atoms with Crippen molar-refractivity contribution in [3.05, 3.63) is 64.9 Å². The van der Waals surface area contributed by atoms with Gasteiger partial charge in [-0.05, 0) is 50.1 Å². The van der Waals surface area contributed by atoms with Crippen molar-refractivity contribution in [2.24, 2.45) is 0 Å². The lowest BCUT2D eigenvalue weighted by molar-refractivity contribution is -0.140. The molecule has 0 saturated heterocycles. The molecule has 0 radical (unpaired) electrons. The fraction of sp³-hybridized carbons (Fsp3) is 0.417. The zero-order valence-electron chi connectivity index (χ0n) is 18.1. The summed E-state index contributed by atoms with van der Waals surface area (Å²) < 4.78 is 19.8. The molecule has 7 heteroatoms. The fourth-order valence-electron chi connectivity index (χ4n) is 3.02. The Hall–Kier alpha value is -2.60. The molecule has 0 spiro atoms. The van der Waals surface area contributed by atoms with Crippen molar-refractivity contribution >= 4 is 23.4 Å². The third-order valence-corrected chi connectivity index (χ3v) is 5.16. The third kappa shape index (κ3) is 8.21. The molecule has 168 valence electrons. The van der Waals surface area contributed by atoms with Gasteiger partial charge in [0.25, 0.3) is 0 Å². The fourth-order valence-corrected chi connectivity index (χ4v) is 3.14. The molecule has 1 atom stereocenters. The van der Waals surface area contributed by atoms with Gasteiger partial charge in [0.15, 0.2) is 0 Å². The van der Waals surface area contributed by atoms with Gasteiger partial charge >= 0.3 is 0 Å². The normalized spacial score (nSPS) is 11.6. The number of carbonyl (C=O) groups excluding carboxylic acids is 2. The van der Waals surface area contributed by atoms with Crippen LogP contribution < -0.4 is 10.1 Å². The summed E-state index contributed by atoms with van der Waals surface area (Å²) in [5.41, 5.74) is 0.376. The van der Waals surface area contributed by atoms with Crippen LogP contribution in [0.15, 0.2) is 48.5 Å². The second-order valence-electron chi connectivity index (χ2n) is 7.34. The van der Waals surface area contributed by atoms with Crippen LogP contribution in [0.1, 0.15) is 45.1 Å². The third-order valence-electron chi connectivity index (χ3n) is 4.91. The Kier molecular flexibility index (Phi) is 10.3. The van der Waals surface area contributed by atoms with Crippen LogP contribution in [0, 0.1) is 5.82 Å². The van der Waals surface area contributed by atoms with Gasteiger partial charge in [-0.15, -0.1) is 0 Å². The van der Waals surface area contributed by atoms with Gasteiger partial charge in [0, 0.05) is 30.1 Å². The van der Waals surface area contributed by atoms with Gasteiger partial charge in [-0.25, -0.2) is 4.39 Å². The number of nitrogens with zero attached hydrogens (tertiary/aromatic N) is 1. The van der Waals surface area contributed by atoms with Crippen molar-refractivity contribution in [3.63, 3.8) is 0 Å². The van der Waals surface area contributed by atoms with Crippen molar-refractivity contribution in [1.29, 1.82) is 0 Å². The van der Waals surface area contributed by atoms with E-state index in [-0.39, 0.29) is 24.8 Å². The predicted octanol–water partition coefficient (Wildman–Crippen LogP) is 4.97. The van der Waals surface area contributed by atoms with Crippen molar-refractivity contribution in [2.75, 3.05) is 13.2 Å². The first-order valence-electron chi connectivity index (χ1n) is 10.6. The van der Waals surface area contributed by atoms with E-state index in [1.54, 1.807) is 49.4 Å². The van der Waals surface area contributed by atoms with E-state index in [0.29, 0.717) is 35.9 Å². The highest BCUT2D eigenvalue weighted by molar-refractivity contribution is 6.30. The predicted molar refractivity (Wildman–Crippen MR) is 121 cm³/mol. The molecular weight excluding hydrogens is 419 g/mol. The van der Waals surface area contributed by atoms with Crippen molar-refractivity contribution < 1.29 is 18.7 Å². The van der Waals surface area contributed by atoms with Gasteiger partial charge in [0.05, 0.1) is 6.61 Å². The van der Waals surface area contributed by atoms with E-state index in [4.69, 9.17) is 16.3 Å². The Morgan fingerprint density at radius 3 is 2.52 bits per heavy atom. The van der Waals surface area contributed by atoms with Crippen molar-refractivity contribution in [1.82, 2.24) is 10.2 Å². The molecule has 0 bridgehead atoms. The van der Waals surface area contributed by atoms with Crippen LogP contribution in [-0.4, -0.2) is 35.9 Å². The van der Waals surface area contributed by atoms with Crippen LogP contribution >= 0.6 is 11.6 Å². The number of benzene rings is 2. The topological polar surface area (TPSA) is 58.6 Å². The zero-order chi connectivity index (χ0) is 22.6. The molecule has 0 heterocycles. The highest BCUT2D eigenvalue weighted by Crippen LogP contribution is 2.17. The van der Waals surface area contributed by atoms with Crippen LogP contribution in [-0.2, 0) is 16.1 Å². The van der Waals surface area contributed by atoms with Crippen molar-refractivity contribution in [2.45, 2.75) is 52.1 Å². The molecular formula is C24H30ClFN2O3. The summed E-state index contributed by atoms with van der Waals surface area (Å²) in [6.45, 7) is 4.64. The molecule has 2 aromatic rings. The maximum absolute atomic E-state index is 14.2. The second-order valence-corrected chi connectivity index (χ2v) is 7.78. The van der Waals surface area contributed by atoms with Crippen LogP contribution in [0.2, 0.25) is 5.02 Å². The van der Waals surface area contributed by atoms with E-state index in [1.807, 2.05) is 6.92 Å². The summed E-state index contributed by atoms with van der Waals surface area (Å²) in [4.78, 5) is 26.9. The molecule has 0 aromatic heterocycles. The first-order valence-corrected chi connectivity index (χ1v) is 11.0. The average molecular weight is 449 g/mol. The van der Waals surface area contributed by atoms with Gasteiger partial charge in [0.1, 0.15) is 17.6 Å². The summed E-state index contributed by atoms with van der Waals surface area (Å²) >= 11 is 5.86. The average Bonchev–Trinajstić information content (AvgIpc) is 2.77. The van der Waals surface area contributed by atoms with Crippen LogP contribution in [0.4, 0.5) is 4.39 Å². The summed E-state index contributed by atoms with van der Waals surface area (Å²) in [7, 11) is 0. The Bertz CT molecular complexity index is 845. The largest absolute Gasteiger partial charge is 0.494 e. The molecule has 0 aliphatic heterocycles. The molecule has 0 fully saturated rings. The summed E-state index contributed by atoms with van der Waals surface area (Å²) in [5.74, 6) is -0.189. The van der Waals surface area contributed by atoms with E-state index in [2.05, 4.69) is 5.32 Å². The number of halogens is 2. The van der Waals surface area contributed by atoms with Gasteiger partial charge in [-0.1, -0.05) is 43.1 Å². The highest BCUT2D eigenvalue weighted by atomic mass is 35.5. The molecule has 0 saturated carbocycles. The Labute approximate surface area is 188 Å². The quantitative estimate of drug-likeness (QED) is 0.466. The molecule has 0 aliphatic rings. The lowest BCUT2D eigenvalue weighted by atomic mass is 10.1. The minimum absolute atomic E-state index is 0.0336. The van der Waals surface area contributed by atoms with E-state index in [9.17, 15) is 14.0 Å². The molecule has 5 nitrogen and oxygen atoms in total. The standard InChI is InChI=1S/C24H30ClFN2O3/c1-3-4-15-27-24(30)18(2)28(17-19-8-5-6-9-22(19)26)23(29)10-7-16-31-21-13-11-20(25)12-14-21/h5-6,8-9,11-14,18H,3-4,7,10,15-17H2,1-2H3,(H,27,30)/t18-/m0/s1. The number of carbonyl (C=O) groups is 2. The zero-order valence-corrected chi connectivity index (χ0v) is 18.8. The molecule has 2 aromatic carbocycles. The maximum Gasteiger partial charge on any atom is 0.242 e. The minimum Gasteiger partial charge on any atom is -0.494 e. The number of hydrogen-bond donors (Lipinski definition) is 1. The lowest BCUT2D eigenvalue weighted by Gasteiger charge is -2.29. The molecule has 2 amide bonds. The minimum atomic E-state index is -0.707. The SMILES string of the molecule is CCCCNC(=O)[C@H](C)N(Cc1ccccc1F)C(=O)CCCOc1ccc(Cl)cc1. The maximum atomic E-state index is 14.2. The second kappa shape index (κ2) is 13.0. The number of ether oxygens (including phenoxy) is 1. The Morgan fingerprint density at radius 2 is 1.84 bits per heavy atom. The van der Waals surface area contributed by atoms with Gasteiger partial charge < -0.3 is 15.0 Å². The molecule has 1 N–H and O–H groups in total. The monoisotopic (exact) mass is 448 g/mol. The Morgan fingerprint density at radius 1 is 1.13 bits per heavy atom. The number of rotatable bonds is 12. The number of amides is 2. The van der Waals surface area contributed by atoms with Crippen LogP contribution in [0.25, 0.3) is 0 Å². The van der Waals surface area contributed by atoms with Crippen LogP contribution in [0.5, 0.6) is 5.75 Å². The first-order chi connectivity index (χ1) is 14.9. The highest BCUT2D eigenvalue weighted by Gasteiger charge is 2.26. The molecule has 0 aliphatic carbocycles. The van der Waals surface area contributed by atoms with Crippen molar-refractivity contribution in [3.8, 4) is 5.75 Å². The van der Waals surface area contributed by atoms with E-state index in [1.165, 1.54) is 11.0 Å². The van der Waals surface area contributed by atoms with E-state index >= 15 is 0 Å². The first kappa shape index (κ1) is 24.7. The van der Waals surface area contributed by atoms with Crippen LogP contribution in [0.3, 0.4) is 0 Å². The summed E-state index contributed by atoms with van der Waals surface area (Å²) in [5, 5.41) is 3.47.